The molecule has 0 radical (unpaired) electrons. The van der Waals surface area contributed by atoms with Crippen molar-refractivity contribution in [1.29, 1.82) is 0 Å². The predicted octanol–water partition coefficient (Wildman–Crippen LogP) is 4.93. The highest BCUT2D eigenvalue weighted by Gasteiger charge is 2.19. The number of benzene rings is 2. The van der Waals surface area contributed by atoms with Crippen molar-refractivity contribution in [3.8, 4) is 22.7 Å². The lowest BCUT2D eigenvalue weighted by molar-refractivity contribution is -0.384. The predicted molar refractivity (Wildman–Crippen MR) is 131 cm³/mol. The molecule has 0 atom stereocenters. The number of hydrogen-bond acceptors (Lipinski definition) is 6. The van der Waals surface area contributed by atoms with Crippen molar-refractivity contribution in [3.63, 3.8) is 0 Å². The van der Waals surface area contributed by atoms with Gasteiger partial charge in [0.15, 0.2) is 11.4 Å². The Bertz CT molecular complexity index is 1730. The van der Waals surface area contributed by atoms with Crippen LogP contribution in [-0.2, 0) is 6.61 Å². The summed E-state index contributed by atoms with van der Waals surface area (Å²) >= 11 is 0. The molecule has 0 spiro atoms. The van der Waals surface area contributed by atoms with Crippen LogP contribution >= 0.6 is 0 Å². The number of rotatable bonds is 6. The third-order valence-corrected chi connectivity index (χ3v) is 5.82. The number of nitro benzene ring substituents is 1. The van der Waals surface area contributed by atoms with E-state index in [1.165, 1.54) is 21.2 Å². The number of pyridine rings is 1. The fraction of sp³-hybridized carbons (Fsp3) is 0.115. The first-order chi connectivity index (χ1) is 17.7. The molecule has 0 aliphatic carbocycles. The van der Waals surface area contributed by atoms with Crippen molar-refractivity contribution in [1.82, 2.24) is 19.2 Å². The Morgan fingerprint density at radius 3 is 2.54 bits per heavy atom. The van der Waals surface area contributed by atoms with E-state index in [1.807, 2.05) is 0 Å². The SMILES string of the molecule is Cc1nc2c(OCc3ccc([N+](=O)[O-])cc3)cccn2c(=O)c1-c1cc(C)n(-c2cc(F)ccc2F)n1. The molecule has 37 heavy (non-hydrogen) atoms. The molecule has 5 aromatic rings. The summed E-state index contributed by atoms with van der Waals surface area (Å²) in [5, 5.41) is 15.2. The summed E-state index contributed by atoms with van der Waals surface area (Å²) in [5.41, 5.74) is 1.83. The third kappa shape index (κ3) is 4.42. The van der Waals surface area contributed by atoms with Crippen molar-refractivity contribution in [2.45, 2.75) is 20.5 Å². The molecule has 11 heteroatoms. The second kappa shape index (κ2) is 9.26. The second-order valence-electron chi connectivity index (χ2n) is 8.33. The molecule has 0 aliphatic heterocycles. The lowest BCUT2D eigenvalue weighted by atomic mass is 10.1. The Morgan fingerprint density at radius 2 is 1.81 bits per heavy atom. The first-order valence-electron chi connectivity index (χ1n) is 11.1. The molecule has 0 aliphatic rings. The molecular weight excluding hydrogens is 484 g/mol. The van der Waals surface area contributed by atoms with Gasteiger partial charge in [-0.15, -0.1) is 0 Å². The van der Waals surface area contributed by atoms with Crippen LogP contribution in [0.5, 0.6) is 5.75 Å². The fourth-order valence-corrected chi connectivity index (χ4v) is 4.01. The summed E-state index contributed by atoms with van der Waals surface area (Å²) in [6.45, 7) is 3.44. The number of non-ortho nitro benzene ring substituents is 1. The minimum Gasteiger partial charge on any atom is -0.485 e. The molecule has 0 amide bonds. The highest BCUT2D eigenvalue weighted by atomic mass is 19.1. The lowest BCUT2D eigenvalue weighted by Gasteiger charge is -2.11. The van der Waals surface area contributed by atoms with Gasteiger partial charge in [-0.1, -0.05) is 0 Å². The molecule has 186 valence electrons. The van der Waals surface area contributed by atoms with Gasteiger partial charge in [0.25, 0.3) is 11.2 Å². The standard InChI is InChI=1S/C26H19F2N5O4/c1-15-12-21(30-32(15)22-13-18(27)7-10-20(22)28)24-16(2)29-25-23(4-3-11-31(25)26(24)34)37-14-17-5-8-19(9-6-17)33(35)36/h3-13H,14H2,1-2H3. The van der Waals surface area contributed by atoms with Crippen LogP contribution in [0, 0.1) is 35.6 Å². The van der Waals surface area contributed by atoms with E-state index in [2.05, 4.69) is 10.1 Å². The van der Waals surface area contributed by atoms with E-state index in [-0.39, 0.29) is 34.9 Å². The summed E-state index contributed by atoms with van der Waals surface area (Å²) in [4.78, 5) is 28.4. The molecule has 0 N–H and O–H groups in total. The zero-order chi connectivity index (χ0) is 26.3. The van der Waals surface area contributed by atoms with E-state index in [4.69, 9.17) is 4.74 Å². The summed E-state index contributed by atoms with van der Waals surface area (Å²) in [6, 6.07) is 13.9. The monoisotopic (exact) mass is 503 g/mol. The van der Waals surface area contributed by atoms with Crippen molar-refractivity contribution in [2.24, 2.45) is 0 Å². The molecule has 0 unspecified atom stereocenters. The van der Waals surface area contributed by atoms with Crippen LogP contribution in [0.4, 0.5) is 14.5 Å². The molecule has 0 bridgehead atoms. The van der Waals surface area contributed by atoms with Gasteiger partial charge in [-0.2, -0.15) is 5.10 Å². The Kier molecular flexibility index (Phi) is 5.96. The molecule has 5 rings (SSSR count). The Hall–Kier alpha value is -4.93. The van der Waals surface area contributed by atoms with Crippen LogP contribution in [0.25, 0.3) is 22.6 Å². The van der Waals surface area contributed by atoms with Gasteiger partial charge in [0.05, 0.1) is 16.2 Å². The first kappa shape index (κ1) is 23.8. The van der Waals surface area contributed by atoms with E-state index >= 15 is 0 Å². The largest absolute Gasteiger partial charge is 0.485 e. The molecule has 0 saturated heterocycles. The highest BCUT2D eigenvalue weighted by molar-refractivity contribution is 5.65. The van der Waals surface area contributed by atoms with Gasteiger partial charge in [-0.05, 0) is 61.9 Å². The Balaban J connectivity index is 1.52. The van der Waals surface area contributed by atoms with Gasteiger partial charge in [0.2, 0.25) is 0 Å². The zero-order valence-electron chi connectivity index (χ0n) is 19.7. The van der Waals surface area contributed by atoms with Gasteiger partial charge < -0.3 is 4.74 Å². The number of nitrogens with zero attached hydrogens (tertiary/aromatic N) is 5. The van der Waals surface area contributed by atoms with Crippen LogP contribution in [0.2, 0.25) is 0 Å². The highest BCUT2D eigenvalue weighted by Crippen LogP contribution is 2.25. The van der Waals surface area contributed by atoms with E-state index in [0.29, 0.717) is 22.7 Å². The van der Waals surface area contributed by atoms with Crippen LogP contribution < -0.4 is 10.3 Å². The van der Waals surface area contributed by atoms with Crippen molar-refractivity contribution in [3.05, 3.63) is 116 Å². The first-order valence-corrected chi connectivity index (χ1v) is 11.1. The summed E-state index contributed by atoms with van der Waals surface area (Å²) < 4.78 is 36.5. The lowest BCUT2D eigenvalue weighted by Crippen LogP contribution is -2.19. The molecule has 3 heterocycles. The maximum absolute atomic E-state index is 14.4. The molecule has 3 aromatic heterocycles. The Morgan fingerprint density at radius 1 is 1.05 bits per heavy atom. The summed E-state index contributed by atoms with van der Waals surface area (Å²) in [7, 11) is 0. The number of fused-ring (bicyclic) bond motifs is 1. The number of halogens is 2. The van der Waals surface area contributed by atoms with Gasteiger partial charge >= 0.3 is 0 Å². The van der Waals surface area contributed by atoms with Gasteiger partial charge in [-0.25, -0.2) is 18.4 Å². The van der Waals surface area contributed by atoms with Gasteiger partial charge in [0, 0.05) is 30.1 Å². The van der Waals surface area contributed by atoms with Crippen LogP contribution in [0.1, 0.15) is 17.0 Å². The molecular formula is C26H19F2N5O4. The van der Waals surface area contributed by atoms with Crippen molar-refractivity contribution < 1.29 is 18.4 Å². The normalized spacial score (nSPS) is 11.1. The van der Waals surface area contributed by atoms with Crippen molar-refractivity contribution in [2.75, 3.05) is 0 Å². The number of aromatic nitrogens is 4. The quantitative estimate of drug-likeness (QED) is 0.240. The van der Waals surface area contributed by atoms with E-state index in [0.717, 1.165) is 18.2 Å². The number of aryl methyl sites for hydroxylation is 2. The maximum atomic E-state index is 14.4. The number of hydrogen-bond donors (Lipinski definition) is 0. The van der Waals surface area contributed by atoms with E-state index < -0.39 is 22.1 Å². The van der Waals surface area contributed by atoms with Crippen molar-refractivity contribution >= 4 is 11.3 Å². The summed E-state index contributed by atoms with van der Waals surface area (Å²) in [5.74, 6) is -0.923. The topological polar surface area (TPSA) is 105 Å². The van der Waals surface area contributed by atoms with E-state index in [9.17, 15) is 23.7 Å². The van der Waals surface area contributed by atoms with Gasteiger partial charge in [0.1, 0.15) is 29.6 Å². The average molecular weight is 503 g/mol. The van der Waals surface area contributed by atoms with Crippen LogP contribution in [0.3, 0.4) is 0 Å². The molecule has 9 nitrogen and oxygen atoms in total. The molecule has 0 fully saturated rings. The maximum Gasteiger partial charge on any atom is 0.269 e. The van der Waals surface area contributed by atoms with Crippen LogP contribution in [-0.4, -0.2) is 24.1 Å². The fourth-order valence-electron chi connectivity index (χ4n) is 4.01. The minimum atomic E-state index is -0.654. The summed E-state index contributed by atoms with van der Waals surface area (Å²) in [6.07, 6.45) is 1.54. The molecule has 0 saturated carbocycles. The third-order valence-electron chi connectivity index (χ3n) is 5.82. The van der Waals surface area contributed by atoms with Gasteiger partial charge in [-0.3, -0.25) is 19.3 Å². The number of nitro groups is 1. The van der Waals surface area contributed by atoms with E-state index in [1.54, 1.807) is 50.4 Å². The molecule has 2 aromatic carbocycles. The van der Waals surface area contributed by atoms with Crippen LogP contribution in [0.15, 0.2) is 71.7 Å². The second-order valence-corrected chi connectivity index (χ2v) is 8.33. The average Bonchev–Trinajstić information content (AvgIpc) is 3.25. The minimum absolute atomic E-state index is 0.0249. The Labute approximate surface area is 208 Å². The smallest absolute Gasteiger partial charge is 0.269 e. The zero-order valence-corrected chi connectivity index (χ0v) is 19.7. The number of ether oxygens (including phenoxy) is 1.